The molecule has 0 spiro atoms. The molecule has 2 aliphatic heterocycles. The van der Waals surface area contributed by atoms with E-state index in [1.807, 2.05) is 13.0 Å². The molecule has 1 amide bonds. The molecule has 29 heavy (non-hydrogen) atoms. The Morgan fingerprint density at radius 2 is 1.76 bits per heavy atom. The van der Waals surface area contributed by atoms with Crippen LogP contribution in [-0.4, -0.2) is 66.0 Å². The van der Waals surface area contributed by atoms with Crippen molar-refractivity contribution in [3.05, 3.63) is 47.7 Å². The minimum atomic E-state index is -3.47. The topological polar surface area (TPSA) is 92.7 Å². The fourth-order valence-corrected chi connectivity index (χ4v) is 5.18. The van der Waals surface area contributed by atoms with Crippen molar-refractivity contribution in [2.24, 2.45) is 0 Å². The molecule has 1 aromatic carbocycles. The van der Waals surface area contributed by atoms with Crippen molar-refractivity contribution >= 4 is 15.9 Å². The normalized spacial score (nSPS) is 20.2. The number of hydrogen-bond donors (Lipinski definition) is 0. The third-order valence-electron chi connectivity index (χ3n) is 5.30. The minimum absolute atomic E-state index is 0.129. The summed E-state index contributed by atoms with van der Waals surface area (Å²) in [5, 5.41) is 7.97. The van der Waals surface area contributed by atoms with E-state index in [1.54, 1.807) is 23.1 Å². The lowest BCUT2D eigenvalue weighted by Gasteiger charge is -2.18. The molecule has 1 unspecified atom stereocenters. The van der Waals surface area contributed by atoms with Gasteiger partial charge >= 0.3 is 0 Å². The predicted molar refractivity (Wildman–Crippen MR) is 106 cm³/mol. The number of hydrogen-bond acceptors (Lipinski definition) is 6. The van der Waals surface area contributed by atoms with E-state index >= 15 is 0 Å². The highest BCUT2D eigenvalue weighted by molar-refractivity contribution is 7.89. The zero-order valence-electron chi connectivity index (χ0n) is 16.3. The van der Waals surface area contributed by atoms with Gasteiger partial charge in [-0.3, -0.25) is 4.79 Å². The molecule has 1 atom stereocenters. The number of aryl methyl sites for hydroxylation is 1. The lowest BCUT2D eigenvalue weighted by atomic mass is 10.2. The van der Waals surface area contributed by atoms with Gasteiger partial charge < -0.3 is 9.64 Å². The number of rotatable bonds is 5. The van der Waals surface area contributed by atoms with Gasteiger partial charge in [0.25, 0.3) is 5.91 Å². The zero-order chi connectivity index (χ0) is 20.4. The molecule has 1 aromatic heterocycles. The number of benzene rings is 1. The second-order valence-corrected chi connectivity index (χ2v) is 9.37. The van der Waals surface area contributed by atoms with Crippen molar-refractivity contribution in [2.75, 3.05) is 26.2 Å². The molecule has 2 aliphatic rings. The molecule has 2 saturated heterocycles. The summed E-state index contributed by atoms with van der Waals surface area (Å²) in [6.07, 6.45) is 2.36. The number of nitrogens with zero attached hydrogens (tertiary/aromatic N) is 4. The van der Waals surface area contributed by atoms with E-state index in [1.165, 1.54) is 16.4 Å². The first kappa shape index (κ1) is 19.8. The SMILES string of the molecule is Cc1ccc(OC2CCN(C(=O)c3ccc(S(=O)(=O)N4CCCC4)cc3)C2)nn1. The van der Waals surface area contributed by atoms with Crippen LogP contribution >= 0.6 is 0 Å². The van der Waals surface area contributed by atoms with Gasteiger partial charge in [-0.15, -0.1) is 5.10 Å². The Morgan fingerprint density at radius 1 is 1.03 bits per heavy atom. The molecule has 0 bridgehead atoms. The first-order chi connectivity index (χ1) is 13.9. The van der Waals surface area contributed by atoms with Crippen molar-refractivity contribution in [1.29, 1.82) is 0 Å². The highest BCUT2D eigenvalue weighted by Gasteiger charge is 2.30. The Morgan fingerprint density at radius 3 is 2.41 bits per heavy atom. The molecule has 2 aromatic rings. The van der Waals surface area contributed by atoms with Gasteiger partial charge in [0.1, 0.15) is 6.10 Å². The number of sulfonamides is 1. The molecule has 0 saturated carbocycles. The van der Waals surface area contributed by atoms with Crippen LogP contribution in [-0.2, 0) is 10.0 Å². The molecule has 0 aliphatic carbocycles. The van der Waals surface area contributed by atoms with Crippen LogP contribution in [0, 0.1) is 6.92 Å². The van der Waals surface area contributed by atoms with Gasteiger partial charge in [-0.05, 0) is 50.1 Å². The molecular formula is C20H24N4O4S. The van der Waals surface area contributed by atoms with Crippen LogP contribution in [0.5, 0.6) is 5.88 Å². The van der Waals surface area contributed by atoms with Crippen LogP contribution in [0.15, 0.2) is 41.3 Å². The van der Waals surface area contributed by atoms with Gasteiger partial charge in [0.2, 0.25) is 15.9 Å². The lowest BCUT2D eigenvalue weighted by Crippen LogP contribution is -2.31. The van der Waals surface area contributed by atoms with Crippen LogP contribution in [0.2, 0.25) is 0 Å². The van der Waals surface area contributed by atoms with Gasteiger partial charge in [0, 0.05) is 37.7 Å². The summed E-state index contributed by atoms with van der Waals surface area (Å²) in [7, 11) is -3.47. The molecule has 4 rings (SSSR count). The van der Waals surface area contributed by atoms with E-state index in [0.717, 1.165) is 18.5 Å². The van der Waals surface area contributed by atoms with Crippen molar-refractivity contribution in [2.45, 2.75) is 37.2 Å². The maximum absolute atomic E-state index is 12.8. The quantitative estimate of drug-likeness (QED) is 0.739. The Kier molecular flexibility index (Phi) is 5.51. The molecule has 2 fully saturated rings. The fourth-order valence-electron chi connectivity index (χ4n) is 3.66. The Hall–Kier alpha value is -2.52. The second kappa shape index (κ2) is 8.08. The molecule has 0 radical (unpaired) electrons. The van der Waals surface area contributed by atoms with Gasteiger partial charge in [-0.1, -0.05) is 0 Å². The Labute approximate surface area is 170 Å². The summed E-state index contributed by atoms with van der Waals surface area (Å²) in [5.74, 6) is 0.322. The highest BCUT2D eigenvalue weighted by atomic mass is 32.2. The summed E-state index contributed by atoms with van der Waals surface area (Å²) in [4.78, 5) is 14.7. The van der Waals surface area contributed by atoms with Crippen LogP contribution in [0.1, 0.15) is 35.3 Å². The van der Waals surface area contributed by atoms with Gasteiger partial charge in [0.15, 0.2) is 0 Å². The van der Waals surface area contributed by atoms with Crippen molar-refractivity contribution in [1.82, 2.24) is 19.4 Å². The molecule has 3 heterocycles. The van der Waals surface area contributed by atoms with Crippen LogP contribution < -0.4 is 4.74 Å². The first-order valence-corrected chi connectivity index (χ1v) is 11.2. The number of carbonyl (C=O) groups is 1. The fraction of sp³-hybridized carbons (Fsp3) is 0.450. The summed E-state index contributed by atoms with van der Waals surface area (Å²) in [5.41, 5.74) is 1.29. The van der Waals surface area contributed by atoms with Gasteiger partial charge in [-0.2, -0.15) is 9.40 Å². The zero-order valence-corrected chi connectivity index (χ0v) is 17.1. The average molecular weight is 417 g/mol. The molecular weight excluding hydrogens is 392 g/mol. The third-order valence-corrected chi connectivity index (χ3v) is 7.21. The molecule has 0 N–H and O–H groups in total. The van der Waals surface area contributed by atoms with E-state index in [2.05, 4.69) is 10.2 Å². The smallest absolute Gasteiger partial charge is 0.253 e. The maximum atomic E-state index is 12.8. The summed E-state index contributed by atoms with van der Waals surface area (Å²) in [6.45, 7) is 4.01. The number of likely N-dealkylation sites (tertiary alicyclic amines) is 1. The monoisotopic (exact) mass is 416 g/mol. The second-order valence-electron chi connectivity index (χ2n) is 7.43. The van der Waals surface area contributed by atoms with Gasteiger partial charge in [0.05, 0.1) is 17.1 Å². The molecule has 8 nitrogen and oxygen atoms in total. The number of aromatic nitrogens is 2. The summed E-state index contributed by atoms with van der Waals surface area (Å²) < 4.78 is 32.5. The number of ether oxygens (including phenoxy) is 1. The summed E-state index contributed by atoms with van der Waals surface area (Å²) in [6, 6.07) is 9.82. The lowest BCUT2D eigenvalue weighted by molar-refractivity contribution is 0.0771. The Balaban J connectivity index is 1.39. The number of carbonyl (C=O) groups excluding carboxylic acids is 1. The first-order valence-electron chi connectivity index (χ1n) is 9.80. The van der Waals surface area contributed by atoms with Gasteiger partial charge in [-0.25, -0.2) is 8.42 Å². The molecule has 154 valence electrons. The van der Waals surface area contributed by atoms with Crippen LogP contribution in [0.4, 0.5) is 0 Å². The van der Waals surface area contributed by atoms with E-state index < -0.39 is 10.0 Å². The van der Waals surface area contributed by atoms with E-state index in [-0.39, 0.29) is 16.9 Å². The Bertz CT molecular complexity index is 971. The van der Waals surface area contributed by atoms with E-state index in [4.69, 9.17) is 4.74 Å². The standard InChI is InChI=1S/C20H24N4O4S/c1-15-4-9-19(22-21-15)28-17-10-13-23(14-17)20(25)16-5-7-18(8-6-16)29(26,27)24-11-2-3-12-24/h4-9,17H,2-3,10-14H2,1H3. The summed E-state index contributed by atoms with van der Waals surface area (Å²) >= 11 is 0. The van der Waals surface area contributed by atoms with Crippen LogP contribution in [0.3, 0.4) is 0 Å². The van der Waals surface area contributed by atoms with Crippen LogP contribution in [0.25, 0.3) is 0 Å². The van der Waals surface area contributed by atoms with Crippen molar-refractivity contribution < 1.29 is 17.9 Å². The predicted octanol–water partition coefficient (Wildman–Crippen LogP) is 1.86. The average Bonchev–Trinajstić information content (AvgIpc) is 3.42. The molecule has 9 heteroatoms. The highest BCUT2D eigenvalue weighted by Crippen LogP contribution is 2.23. The van der Waals surface area contributed by atoms with E-state index in [0.29, 0.717) is 44.0 Å². The largest absolute Gasteiger partial charge is 0.471 e. The maximum Gasteiger partial charge on any atom is 0.253 e. The van der Waals surface area contributed by atoms with E-state index in [9.17, 15) is 13.2 Å². The minimum Gasteiger partial charge on any atom is -0.471 e. The van der Waals surface area contributed by atoms with Crippen molar-refractivity contribution in [3.63, 3.8) is 0 Å². The number of amides is 1. The third kappa shape index (κ3) is 4.25. The van der Waals surface area contributed by atoms with Crippen molar-refractivity contribution in [3.8, 4) is 5.88 Å².